The molecule has 9 nitrogen and oxygen atoms in total. The Kier molecular flexibility index (Phi) is 7.79. The van der Waals surface area contributed by atoms with Gasteiger partial charge in [-0.25, -0.2) is 9.59 Å². The summed E-state index contributed by atoms with van der Waals surface area (Å²) in [6.07, 6.45) is -2.09. The number of anilines is 1. The highest BCUT2D eigenvalue weighted by atomic mass is 19.4. The van der Waals surface area contributed by atoms with Gasteiger partial charge in [0, 0.05) is 6.08 Å². The van der Waals surface area contributed by atoms with Crippen LogP contribution in [0.25, 0.3) is 6.08 Å². The molecule has 146 valence electrons. The zero-order valence-corrected chi connectivity index (χ0v) is 13.8. The zero-order chi connectivity index (χ0) is 20.4. The molecule has 1 aromatic heterocycles. The third kappa shape index (κ3) is 8.38. The minimum absolute atomic E-state index is 0.00638. The molecule has 27 heavy (non-hydrogen) atoms. The molecule has 0 unspecified atom stereocenters. The minimum atomic E-state index is -5.08. The summed E-state index contributed by atoms with van der Waals surface area (Å²) >= 11 is 0. The SMILES string of the molecule is COC(=O)/C=C/c1ccc(OCc2nnc(N)o2)cc1.O=C(O)C(F)(F)F. The van der Waals surface area contributed by atoms with Crippen LogP contribution in [0.1, 0.15) is 11.5 Å². The Bertz CT molecular complexity index is 787. The number of nitrogen functional groups attached to an aromatic ring is 1. The van der Waals surface area contributed by atoms with Gasteiger partial charge in [-0.2, -0.15) is 13.2 Å². The second kappa shape index (κ2) is 9.79. The first kappa shape index (κ1) is 21.5. The molecule has 1 heterocycles. The molecule has 0 saturated carbocycles. The number of halogens is 3. The summed E-state index contributed by atoms with van der Waals surface area (Å²) < 4.78 is 46.7. The Hall–Kier alpha value is -3.57. The predicted octanol–water partition coefficient (Wildman–Crippen LogP) is 2.05. The smallest absolute Gasteiger partial charge is 0.484 e. The maximum absolute atomic E-state index is 10.9. The fourth-order valence-electron chi connectivity index (χ4n) is 1.38. The number of nitrogens with zero attached hydrogens (tertiary/aromatic N) is 2. The molecule has 2 aromatic rings. The number of hydrogen-bond donors (Lipinski definition) is 2. The number of ether oxygens (including phenoxy) is 2. The van der Waals surface area contributed by atoms with E-state index in [4.69, 9.17) is 24.8 Å². The maximum Gasteiger partial charge on any atom is 0.490 e. The van der Waals surface area contributed by atoms with Gasteiger partial charge in [0.15, 0.2) is 6.61 Å². The molecule has 0 amide bonds. The van der Waals surface area contributed by atoms with Crippen LogP contribution in [-0.4, -0.2) is 40.5 Å². The number of carboxylic acids is 1. The van der Waals surface area contributed by atoms with Crippen LogP contribution in [-0.2, 0) is 20.9 Å². The van der Waals surface area contributed by atoms with Crippen LogP contribution in [0.3, 0.4) is 0 Å². The molecule has 0 radical (unpaired) electrons. The van der Waals surface area contributed by atoms with Gasteiger partial charge in [0.05, 0.1) is 7.11 Å². The molecule has 3 N–H and O–H groups in total. The van der Waals surface area contributed by atoms with Crippen LogP contribution in [0.5, 0.6) is 5.75 Å². The van der Waals surface area contributed by atoms with E-state index in [0.717, 1.165) is 5.56 Å². The normalized spacial score (nSPS) is 10.8. The molecule has 0 atom stereocenters. The second-order valence-electron chi connectivity index (χ2n) is 4.55. The quantitative estimate of drug-likeness (QED) is 0.581. The van der Waals surface area contributed by atoms with Gasteiger partial charge >= 0.3 is 24.1 Å². The Morgan fingerprint density at radius 2 is 1.85 bits per heavy atom. The highest BCUT2D eigenvalue weighted by Gasteiger charge is 2.38. The van der Waals surface area contributed by atoms with Crippen molar-refractivity contribution in [2.75, 3.05) is 12.8 Å². The molecular weight excluding hydrogens is 375 g/mol. The average Bonchev–Trinajstić information content (AvgIpc) is 3.03. The molecule has 0 aliphatic rings. The van der Waals surface area contributed by atoms with Crippen LogP contribution in [0.2, 0.25) is 0 Å². The lowest BCUT2D eigenvalue weighted by Crippen LogP contribution is -2.21. The third-order valence-electron chi connectivity index (χ3n) is 2.58. The molecule has 0 fully saturated rings. The Morgan fingerprint density at radius 3 is 2.30 bits per heavy atom. The first-order valence-electron chi connectivity index (χ1n) is 6.98. The van der Waals surface area contributed by atoms with E-state index in [2.05, 4.69) is 14.9 Å². The Labute approximate surface area is 150 Å². The van der Waals surface area contributed by atoms with E-state index in [1.807, 2.05) is 0 Å². The van der Waals surface area contributed by atoms with Crippen molar-refractivity contribution in [3.8, 4) is 5.75 Å². The maximum atomic E-state index is 10.9. The number of hydrogen-bond acceptors (Lipinski definition) is 8. The second-order valence-corrected chi connectivity index (χ2v) is 4.55. The fourth-order valence-corrected chi connectivity index (χ4v) is 1.38. The molecule has 0 aliphatic carbocycles. The van der Waals surface area contributed by atoms with Crippen LogP contribution in [0.4, 0.5) is 19.2 Å². The van der Waals surface area contributed by atoms with Crippen molar-refractivity contribution in [1.29, 1.82) is 0 Å². The predicted molar refractivity (Wildman–Crippen MR) is 84.2 cm³/mol. The molecule has 0 bridgehead atoms. The van der Waals surface area contributed by atoms with Crippen molar-refractivity contribution in [3.63, 3.8) is 0 Å². The number of carbonyl (C=O) groups is 2. The topological polar surface area (TPSA) is 138 Å². The van der Waals surface area contributed by atoms with Gasteiger partial charge in [-0.05, 0) is 23.8 Å². The lowest BCUT2D eigenvalue weighted by molar-refractivity contribution is -0.192. The molecular formula is C15H14F3N3O6. The van der Waals surface area contributed by atoms with E-state index >= 15 is 0 Å². The van der Waals surface area contributed by atoms with E-state index in [9.17, 15) is 18.0 Å². The van der Waals surface area contributed by atoms with Crippen molar-refractivity contribution in [2.45, 2.75) is 12.8 Å². The monoisotopic (exact) mass is 389 g/mol. The summed E-state index contributed by atoms with van der Waals surface area (Å²) in [5, 5.41) is 14.3. The molecule has 2 rings (SSSR count). The average molecular weight is 389 g/mol. The van der Waals surface area contributed by atoms with E-state index < -0.39 is 18.1 Å². The van der Waals surface area contributed by atoms with Crippen molar-refractivity contribution < 1.29 is 41.8 Å². The highest BCUT2D eigenvalue weighted by molar-refractivity contribution is 5.86. The molecule has 0 aliphatic heterocycles. The fraction of sp³-hybridized carbons (Fsp3) is 0.200. The van der Waals surface area contributed by atoms with Crippen molar-refractivity contribution >= 4 is 24.0 Å². The van der Waals surface area contributed by atoms with Gasteiger partial charge in [0.1, 0.15) is 5.75 Å². The molecule has 1 aromatic carbocycles. The number of aliphatic carboxylic acids is 1. The number of rotatable bonds is 5. The first-order chi connectivity index (χ1) is 12.6. The van der Waals surface area contributed by atoms with Gasteiger partial charge in [-0.3, -0.25) is 0 Å². The van der Waals surface area contributed by atoms with Crippen LogP contribution >= 0.6 is 0 Å². The van der Waals surface area contributed by atoms with Gasteiger partial charge in [0.2, 0.25) is 0 Å². The number of esters is 1. The lowest BCUT2D eigenvalue weighted by atomic mass is 10.2. The minimum Gasteiger partial charge on any atom is -0.484 e. The molecule has 0 saturated heterocycles. The zero-order valence-electron chi connectivity index (χ0n) is 13.8. The number of nitrogens with two attached hydrogens (primary N) is 1. The number of carboxylic acid groups (broad SMARTS) is 1. The number of alkyl halides is 3. The summed E-state index contributed by atoms with van der Waals surface area (Å²) in [6, 6.07) is 7.13. The number of aromatic nitrogens is 2. The largest absolute Gasteiger partial charge is 0.490 e. The summed E-state index contributed by atoms with van der Waals surface area (Å²) in [7, 11) is 1.33. The van der Waals surface area contributed by atoms with E-state index in [-0.39, 0.29) is 12.6 Å². The standard InChI is InChI=1S/C13H13N3O4.C2HF3O2/c1-18-12(17)7-4-9-2-5-10(6-3-9)19-8-11-15-16-13(14)20-11;3-2(4,5)1(6)7/h2-7H,8H2,1H3,(H2,14,16);(H,6,7)/b7-4+;. The van der Waals surface area contributed by atoms with Crippen LogP contribution in [0, 0.1) is 0 Å². The van der Waals surface area contributed by atoms with Crippen LogP contribution in [0.15, 0.2) is 34.8 Å². The summed E-state index contributed by atoms with van der Waals surface area (Å²) in [5.41, 5.74) is 6.15. The van der Waals surface area contributed by atoms with Gasteiger partial charge in [-0.1, -0.05) is 17.2 Å². The van der Waals surface area contributed by atoms with Crippen molar-refractivity contribution in [3.05, 3.63) is 41.8 Å². The summed E-state index contributed by atoms with van der Waals surface area (Å²) in [6.45, 7) is 0.140. The van der Waals surface area contributed by atoms with Gasteiger partial charge in [-0.15, -0.1) is 5.10 Å². The van der Waals surface area contributed by atoms with Crippen LogP contribution < -0.4 is 10.5 Å². The first-order valence-corrected chi connectivity index (χ1v) is 6.98. The highest BCUT2D eigenvalue weighted by Crippen LogP contribution is 2.15. The number of benzene rings is 1. The van der Waals surface area contributed by atoms with Gasteiger partial charge in [0.25, 0.3) is 5.89 Å². The Morgan fingerprint density at radius 1 is 1.26 bits per heavy atom. The van der Waals surface area contributed by atoms with E-state index in [1.54, 1.807) is 30.3 Å². The summed E-state index contributed by atoms with van der Waals surface area (Å²) in [5.74, 6) is -2.22. The van der Waals surface area contributed by atoms with E-state index in [1.165, 1.54) is 13.2 Å². The Balaban J connectivity index is 0.000000445. The van der Waals surface area contributed by atoms with Gasteiger partial charge < -0.3 is 24.7 Å². The van der Waals surface area contributed by atoms with Crippen molar-refractivity contribution in [2.24, 2.45) is 0 Å². The number of methoxy groups -OCH3 is 1. The number of carbonyl (C=O) groups excluding carboxylic acids is 1. The summed E-state index contributed by atoms with van der Waals surface area (Å²) in [4.78, 5) is 19.8. The molecule has 12 heteroatoms. The van der Waals surface area contributed by atoms with Crippen molar-refractivity contribution in [1.82, 2.24) is 10.2 Å². The third-order valence-corrected chi connectivity index (χ3v) is 2.58. The van der Waals surface area contributed by atoms with E-state index in [0.29, 0.717) is 11.6 Å². The lowest BCUT2D eigenvalue weighted by Gasteiger charge is -2.03. The molecule has 0 spiro atoms.